The molecular weight excluding hydrogens is 483 g/mol. The molecule has 2 amide bonds. The van der Waals surface area contributed by atoms with Gasteiger partial charge in [-0.2, -0.15) is 0 Å². The molecule has 1 saturated heterocycles. The molecule has 10 nitrogen and oxygen atoms in total. The fourth-order valence-corrected chi connectivity index (χ4v) is 6.58. The van der Waals surface area contributed by atoms with Crippen molar-refractivity contribution in [3.63, 3.8) is 0 Å². The van der Waals surface area contributed by atoms with Gasteiger partial charge in [-0.25, -0.2) is 9.97 Å². The smallest absolute Gasteiger partial charge is 0.404 e. The topological polar surface area (TPSA) is 120 Å². The number of nitrogens with zero attached hydrogens (tertiary/aromatic N) is 4. The Hall–Kier alpha value is -2.79. The standard InChI is InChI=1S/C27H39BN6O4/c1-16(2)11-21(28-37-23-18-12-17(26(18,3)4)14-27(23,5)38-28)33-24(35)19(13-22-31-9-10-34(22)6)32-25(36)20-15-29-7-8-30-20/h7-10,15-19,21,23H,11-14H2,1-6H3,(H,32,36)(H,33,35)/t17-,18+,19+,21-,23+,27-/m0/s1. The van der Waals surface area contributed by atoms with E-state index >= 15 is 0 Å². The van der Waals surface area contributed by atoms with Crippen LogP contribution in [0, 0.1) is 23.2 Å². The quantitative estimate of drug-likeness (QED) is 0.485. The number of aromatic nitrogens is 4. The van der Waals surface area contributed by atoms with E-state index in [4.69, 9.17) is 9.31 Å². The number of nitrogens with one attached hydrogen (secondary N) is 2. The maximum Gasteiger partial charge on any atom is 0.481 e. The Morgan fingerprint density at radius 2 is 1.97 bits per heavy atom. The molecule has 0 aromatic carbocycles. The zero-order chi connectivity index (χ0) is 27.2. The van der Waals surface area contributed by atoms with Gasteiger partial charge in [0.05, 0.1) is 23.8 Å². The van der Waals surface area contributed by atoms with Gasteiger partial charge < -0.3 is 24.5 Å². The molecule has 2 N–H and O–H groups in total. The van der Waals surface area contributed by atoms with Gasteiger partial charge in [0.1, 0.15) is 17.6 Å². The van der Waals surface area contributed by atoms with Crippen LogP contribution in [0.4, 0.5) is 0 Å². The fourth-order valence-electron chi connectivity index (χ4n) is 6.58. The third-order valence-corrected chi connectivity index (χ3v) is 8.94. The number of amides is 2. The second kappa shape index (κ2) is 10.1. The van der Waals surface area contributed by atoms with Crippen LogP contribution >= 0.6 is 0 Å². The van der Waals surface area contributed by atoms with Crippen molar-refractivity contribution in [1.29, 1.82) is 0 Å². The molecule has 204 valence electrons. The van der Waals surface area contributed by atoms with Crippen molar-refractivity contribution >= 4 is 18.9 Å². The van der Waals surface area contributed by atoms with Gasteiger partial charge in [0.2, 0.25) is 5.91 Å². The Morgan fingerprint density at radius 3 is 2.61 bits per heavy atom. The molecule has 4 fully saturated rings. The number of hydrogen-bond donors (Lipinski definition) is 2. The van der Waals surface area contributed by atoms with Crippen LogP contribution in [-0.2, 0) is 27.6 Å². The van der Waals surface area contributed by atoms with Gasteiger partial charge in [-0.3, -0.25) is 14.6 Å². The van der Waals surface area contributed by atoms with Gasteiger partial charge in [-0.05, 0) is 49.4 Å². The summed E-state index contributed by atoms with van der Waals surface area (Å²) in [5.74, 6) is 0.924. The Labute approximate surface area is 224 Å². The second-order valence-corrected chi connectivity index (χ2v) is 12.4. The summed E-state index contributed by atoms with van der Waals surface area (Å²) in [4.78, 5) is 39.1. The maximum absolute atomic E-state index is 13.8. The van der Waals surface area contributed by atoms with Crippen LogP contribution in [0.2, 0.25) is 0 Å². The maximum atomic E-state index is 13.8. The molecule has 2 aromatic heterocycles. The molecule has 2 bridgehead atoms. The SMILES string of the molecule is CC(C)C[C@H](NC(=O)[C@@H](Cc1nccn1C)NC(=O)c1cnccn1)B1O[C@@H]2[C@H]3C[C@@H](C[C@]2(C)O1)C3(C)C. The molecule has 38 heavy (non-hydrogen) atoms. The number of hydrogen-bond acceptors (Lipinski definition) is 7. The van der Waals surface area contributed by atoms with Crippen molar-refractivity contribution in [2.45, 2.75) is 84.0 Å². The van der Waals surface area contributed by atoms with E-state index in [1.54, 1.807) is 6.20 Å². The molecule has 2 aromatic rings. The van der Waals surface area contributed by atoms with E-state index < -0.39 is 19.1 Å². The predicted molar refractivity (Wildman–Crippen MR) is 142 cm³/mol. The first-order chi connectivity index (χ1) is 18.0. The molecule has 4 aliphatic rings. The van der Waals surface area contributed by atoms with Gasteiger partial charge in [0.25, 0.3) is 5.91 Å². The minimum absolute atomic E-state index is 0.0128. The zero-order valence-corrected chi connectivity index (χ0v) is 23.2. The van der Waals surface area contributed by atoms with Crippen LogP contribution in [-0.4, -0.2) is 62.1 Å². The zero-order valence-electron chi connectivity index (χ0n) is 23.2. The summed E-state index contributed by atoms with van der Waals surface area (Å²) in [6.07, 6.45) is 10.9. The van der Waals surface area contributed by atoms with Crippen molar-refractivity contribution in [2.24, 2.45) is 30.2 Å². The van der Waals surface area contributed by atoms with Crippen LogP contribution in [0.1, 0.15) is 70.2 Å². The lowest BCUT2D eigenvalue weighted by atomic mass is 9.45. The minimum Gasteiger partial charge on any atom is -0.404 e. The fraction of sp³-hybridized carbons (Fsp3) is 0.667. The molecule has 3 saturated carbocycles. The Bertz CT molecular complexity index is 1170. The Kier molecular flexibility index (Phi) is 7.11. The van der Waals surface area contributed by atoms with Crippen molar-refractivity contribution in [3.8, 4) is 0 Å². The number of rotatable bonds is 9. The predicted octanol–water partition coefficient (Wildman–Crippen LogP) is 2.35. The highest BCUT2D eigenvalue weighted by atomic mass is 16.7. The highest BCUT2D eigenvalue weighted by Crippen LogP contribution is 2.64. The molecular formula is C27H39BN6O4. The molecule has 0 unspecified atom stereocenters. The van der Waals surface area contributed by atoms with E-state index in [9.17, 15) is 9.59 Å². The van der Waals surface area contributed by atoms with Crippen molar-refractivity contribution in [1.82, 2.24) is 30.2 Å². The molecule has 6 atom stereocenters. The van der Waals surface area contributed by atoms with E-state index in [1.807, 2.05) is 17.8 Å². The summed E-state index contributed by atoms with van der Waals surface area (Å²) in [7, 11) is 1.31. The van der Waals surface area contributed by atoms with Gasteiger partial charge >= 0.3 is 7.12 Å². The van der Waals surface area contributed by atoms with Crippen LogP contribution in [0.25, 0.3) is 0 Å². The molecule has 6 rings (SSSR count). The highest BCUT2D eigenvalue weighted by molar-refractivity contribution is 6.48. The highest BCUT2D eigenvalue weighted by Gasteiger charge is 2.67. The molecule has 3 heterocycles. The van der Waals surface area contributed by atoms with Gasteiger partial charge in [0, 0.05) is 38.3 Å². The monoisotopic (exact) mass is 522 g/mol. The van der Waals surface area contributed by atoms with Gasteiger partial charge in [-0.1, -0.05) is 27.7 Å². The van der Waals surface area contributed by atoms with Crippen LogP contribution in [0.3, 0.4) is 0 Å². The summed E-state index contributed by atoms with van der Waals surface area (Å²) in [6, 6.07) is -0.869. The van der Waals surface area contributed by atoms with Crippen molar-refractivity contribution < 1.29 is 18.9 Å². The molecule has 3 aliphatic carbocycles. The normalized spacial score (nSPS) is 28.8. The number of carbonyl (C=O) groups is 2. The summed E-state index contributed by atoms with van der Waals surface area (Å²) >= 11 is 0. The average Bonchev–Trinajstić information content (AvgIpc) is 3.45. The second-order valence-electron chi connectivity index (χ2n) is 12.4. The van der Waals surface area contributed by atoms with E-state index in [-0.39, 0.29) is 41.1 Å². The lowest BCUT2D eigenvalue weighted by Crippen LogP contribution is -2.63. The number of imidazole rings is 1. The lowest BCUT2D eigenvalue weighted by Gasteiger charge is -2.63. The first-order valence-corrected chi connectivity index (χ1v) is 13.6. The summed E-state index contributed by atoms with van der Waals surface area (Å²) in [5, 5.41) is 6.02. The first-order valence-electron chi connectivity index (χ1n) is 13.6. The first kappa shape index (κ1) is 26.8. The average molecular weight is 522 g/mol. The number of aryl methyl sites for hydroxylation is 1. The van der Waals surface area contributed by atoms with Gasteiger partial charge in [0.15, 0.2) is 0 Å². The summed E-state index contributed by atoms with van der Waals surface area (Å²) < 4.78 is 15.1. The largest absolute Gasteiger partial charge is 0.481 e. The van der Waals surface area contributed by atoms with E-state index in [0.29, 0.717) is 30.0 Å². The van der Waals surface area contributed by atoms with Gasteiger partial charge in [-0.15, -0.1) is 0 Å². The van der Waals surface area contributed by atoms with Crippen molar-refractivity contribution in [2.75, 3.05) is 0 Å². The van der Waals surface area contributed by atoms with E-state index in [1.165, 1.54) is 25.0 Å². The van der Waals surface area contributed by atoms with Crippen LogP contribution in [0.5, 0.6) is 0 Å². The molecule has 0 radical (unpaired) electrons. The number of carbonyl (C=O) groups excluding carboxylic acids is 2. The molecule has 1 aliphatic heterocycles. The Balaban J connectivity index is 1.34. The third kappa shape index (κ3) is 4.98. The minimum atomic E-state index is -0.869. The van der Waals surface area contributed by atoms with Crippen LogP contribution < -0.4 is 10.6 Å². The third-order valence-electron chi connectivity index (χ3n) is 8.94. The summed E-state index contributed by atoms with van der Waals surface area (Å²) in [6.45, 7) is 11.1. The lowest BCUT2D eigenvalue weighted by molar-refractivity contribution is -0.185. The molecule has 0 spiro atoms. The van der Waals surface area contributed by atoms with Crippen LogP contribution in [0.15, 0.2) is 31.0 Å². The van der Waals surface area contributed by atoms with Crippen molar-refractivity contribution in [3.05, 3.63) is 42.5 Å². The van der Waals surface area contributed by atoms with E-state index in [0.717, 1.165) is 6.42 Å². The summed E-state index contributed by atoms with van der Waals surface area (Å²) in [5.41, 5.74) is 0.0435. The Morgan fingerprint density at radius 1 is 1.18 bits per heavy atom. The van der Waals surface area contributed by atoms with E-state index in [2.05, 4.69) is 60.2 Å². The molecule has 11 heteroatoms.